The second kappa shape index (κ2) is 8.71. The molecule has 3 aromatic rings. The molecule has 2 saturated heterocycles. The molecule has 178 valence electrons. The molecule has 0 spiro atoms. The number of nitrogens with two attached hydrogens (primary N) is 1. The van der Waals surface area contributed by atoms with Gasteiger partial charge in [0, 0.05) is 44.8 Å². The van der Waals surface area contributed by atoms with E-state index in [1.807, 2.05) is 30.1 Å². The van der Waals surface area contributed by atoms with Crippen LogP contribution in [0.4, 0.5) is 5.13 Å². The van der Waals surface area contributed by atoms with Gasteiger partial charge in [-0.05, 0) is 19.4 Å². The summed E-state index contributed by atoms with van der Waals surface area (Å²) >= 11 is 1.22. The summed E-state index contributed by atoms with van der Waals surface area (Å²) in [6, 6.07) is 5.72. The Kier molecular flexibility index (Phi) is 5.72. The lowest BCUT2D eigenvalue weighted by molar-refractivity contribution is -0.134. The number of fused-ring (bicyclic) bond motifs is 1. The zero-order valence-electron chi connectivity index (χ0n) is 19.0. The summed E-state index contributed by atoms with van der Waals surface area (Å²) in [5.74, 6) is -0.355. The highest BCUT2D eigenvalue weighted by Crippen LogP contribution is 2.35. The average Bonchev–Trinajstić information content (AvgIpc) is 3.32. The van der Waals surface area contributed by atoms with Gasteiger partial charge in [-0.3, -0.25) is 24.4 Å². The summed E-state index contributed by atoms with van der Waals surface area (Å²) in [5, 5.41) is 8.28. The second-order valence-electron chi connectivity index (χ2n) is 8.74. The number of thiazole rings is 1. The Labute approximate surface area is 200 Å². The van der Waals surface area contributed by atoms with E-state index in [9.17, 15) is 14.4 Å². The SMILES string of the molecule is Cc1nc(N)sc1C(=O)N1CCC(Oc2cccc3c(C4CCC(=O)NC4=O)nn(C)c23)CC1. The second-order valence-corrected chi connectivity index (χ2v) is 9.77. The molecule has 2 fully saturated rings. The van der Waals surface area contributed by atoms with Crippen LogP contribution in [0.1, 0.15) is 52.7 Å². The Morgan fingerprint density at radius 3 is 2.68 bits per heavy atom. The molecule has 10 nitrogen and oxygen atoms in total. The van der Waals surface area contributed by atoms with Crippen molar-refractivity contribution in [2.75, 3.05) is 18.8 Å². The fourth-order valence-corrected chi connectivity index (χ4v) is 5.55. The van der Waals surface area contributed by atoms with Crippen molar-refractivity contribution < 1.29 is 19.1 Å². The van der Waals surface area contributed by atoms with Crippen LogP contribution in [0.3, 0.4) is 0 Å². The van der Waals surface area contributed by atoms with E-state index in [-0.39, 0.29) is 23.8 Å². The molecular weight excluding hydrogens is 456 g/mol. The number of amides is 3. The van der Waals surface area contributed by atoms with Gasteiger partial charge in [-0.25, -0.2) is 4.98 Å². The lowest BCUT2D eigenvalue weighted by atomic mass is 9.93. The molecule has 1 unspecified atom stereocenters. The van der Waals surface area contributed by atoms with Gasteiger partial charge in [0.1, 0.15) is 22.2 Å². The number of aryl methyl sites for hydroxylation is 2. The van der Waals surface area contributed by atoms with Crippen molar-refractivity contribution in [3.63, 3.8) is 0 Å². The molecule has 0 aliphatic carbocycles. The molecule has 11 heteroatoms. The third-order valence-electron chi connectivity index (χ3n) is 6.46. The summed E-state index contributed by atoms with van der Waals surface area (Å²) in [6.45, 7) is 2.97. The van der Waals surface area contributed by atoms with Crippen molar-refractivity contribution in [2.24, 2.45) is 7.05 Å². The van der Waals surface area contributed by atoms with Gasteiger partial charge in [-0.1, -0.05) is 23.5 Å². The van der Waals surface area contributed by atoms with E-state index in [0.717, 1.165) is 10.9 Å². The Hall–Kier alpha value is -3.47. The van der Waals surface area contributed by atoms with Crippen LogP contribution in [0.5, 0.6) is 5.75 Å². The molecule has 3 N–H and O–H groups in total. The summed E-state index contributed by atoms with van der Waals surface area (Å²) < 4.78 is 8.11. The van der Waals surface area contributed by atoms with Crippen molar-refractivity contribution >= 4 is 45.1 Å². The van der Waals surface area contributed by atoms with Gasteiger partial charge in [0.05, 0.1) is 17.3 Å². The van der Waals surface area contributed by atoms with E-state index in [1.165, 1.54) is 11.3 Å². The highest BCUT2D eigenvalue weighted by Gasteiger charge is 2.33. The minimum atomic E-state index is -0.463. The van der Waals surface area contributed by atoms with E-state index < -0.39 is 5.92 Å². The standard InChI is InChI=1S/C23H26N6O4S/c1-12-20(34-23(24)25-12)22(32)29-10-8-13(9-11-29)33-16-5-3-4-14-18(27-28(2)19(14)16)15-6-7-17(30)26-21(15)31/h3-5,13,15H,6-11H2,1-2H3,(H2,24,25)(H,26,30,31). The first-order valence-electron chi connectivity index (χ1n) is 11.3. The molecule has 2 aliphatic rings. The number of para-hydroxylation sites is 1. The maximum absolute atomic E-state index is 12.9. The highest BCUT2D eigenvalue weighted by atomic mass is 32.1. The molecule has 3 amide bonds. The minimum absolute atomic E-state index is 0.0345. The van der Waals surface area contributed by atoms with E-state index in [0.29, 0.717) is 65.9 Å². The Morgan fingerprint density at radius 2 is 2.00 bits per heavy atom. The lowest BCUT2D eigenvalue weighted by Crippen LogP contribution is -2.41. The largest absolute Gasteiger partial charge is 0.488 e. The van der Waals surface area contributed by atoms with Gasteiger partial charge in [0.2, 0.25) is 11.8 Å². The number of anilines is 1. The molecule has 0 radical (unpaired) electrons. The van der Waals surface area contributed by atoms with E-state index in [4.69, 9.17) is 10.5 Å². The molecule has 0 bridgehead atoms. The quantitative estimate of drug-likeness (QED) is 0.544. The number of nitrogens with zero attached hydrogens (tertiary/aromatic N) is 4. The van der Waals surface area contributed by atoms with Crippen LogP contribution < -0.4 is 15.8 Å². The number of hydrogen-bond acceptors (Lipinski definition) is 8. The lowest BCUT2D eigenvalue weighted by Gasteiger charge is -2.32. The van der Waals surface area contributed by atoms with Crippen molar-refractivity contribution in [1.29, 1.82) is 0 Å². The number of carbonyl (C=O) groups is 3. The van der Waals surface area contributed by atoms with Gasteiger partial charge >= 0.3 is 0 Å². The van der Waals surface area contributed by atoms with E-state index in [1.54, 1.807) is 11.6 Å². The topological polar surface area (TPSA) is 132 Å². The number of carbonyl (C=O) groups excluding carboxylic acids is 3. The summed E-state index contributed by atoms with van der Waals surface area (Å²) in [6.07, 6.45) is 2.10. The van der Waals surface area contributed by atoms with Crippen molar-refractivity contribution in [3.8, 4) is 5.75 Å². The van der Waals surface area contributed by atoms with Gasteiger partial charge in [-0.2, -0.15) is 5.10 Å². The zero-order valence-corrected chi connectivity index (χ0v) is 19.9. The summed E-state index contributed by atoms with van der Waals surface area (Å²) in [4.78, 5) is 43.4. The zero-order chi connectivity index (χ0) is 24.0. The first-order chi connectivity index (χ1) is 16.3. The average molecular weight is 483 g/mol. The van der Waals surface area contributed by atoms with Crippen LogP contribution in [0.25, 0.3) is 10.9 Å². The van der Waals surface area contributed by atoms with E-state index >= 15 is 0 Å². The molecule has 4 heterocycles. The van der Waals surface area contributed by atoms with Crippen LogP contribution in [-0.4, -0.2) is 56.6 Å². The Morgan fingerprint density at radius 1 is 1.24 bits per heavy atom. The number of imide groups is 1. The van der Waals surface area contributed by atoms with E-state index in [2.05, 4.69) is 15.4 Å². The smallest absolute Gasteiger partial charge is 0.265 e. The van der Waals surface area contributed by atoms with Gasteiger partial charge in [0.25, 0.3) is 5.91 Å². The number of aromatic nitrogens is 3. The number of hydrogen-bond donors (Lipinski definition) is 2. The van der Waals surface area contributed by atoms with Crippen LogP contribution in [-0.2, 0) is 16.6 Å². The van der Waals surface area contributed by atoms with Crippen LogP contribution in [0, 0.1) is 6.92 Å². The predicted molar refractivity (Wildman–Crippen MR) is 127 cm³/mol. The molecule has 2 aromatic heterocycles. The minimum Gasteiger partial charge on any atom is -0.488 e. The van der Waals surface area contributed by atoms with Crippen molar-refractivity contribution in [3.05, 3.63) is 34.5 Å². The first kappa shape index (κ1) is 22.3. The number of piperidine rings is 2. The molecule has 2 aliphatic heterocycles. The first-order valence-corrected chi connectivity index (χ1v) is 12.1. The Bertz CT molecular complexity index is 1290. The summed E-state index contributed by atoms with van der Waals surface area (Å²) in [5.41, 5.74) is 7.89. The number of nitrogens with one attached hydrogen (secondary N) is 1. The molecular formula is C23H26N6O4S. The highest BCUT2D eigenvalue weighted by molar-refractivity contribution is 7.17. The fourth-order valence-electron chi connectivity index (χ4n) is 4.75. The van der Waals surface area contributed by atoms with Gasteiger partial charge in [-0.15, -0.1) is 0 Å². The molecule has 5 rings (SSSR count). The maximum Gasteiger partial charge on any atom is 0.265 e. The van der Waals surface area contributed by atoms with Crippen LogP contribution in [0.15, 0.2) is 18.2 Å². The third kappa shape index (κ3) is 4.00. The number of likely N-dealkylation sites (tertiary alicyclic amines) is 1. The van der Waals surface area contributed by atoms with Gasteiger partial charge in [0.15, 0.2) is 5.13 Å². The normalized spacial score (nSPS) is 19.5. The number of nitrogen functional groups attached to an aromatic ring is 1. The van der Waals surface area contributed by atoms with Crippen molar-refractivity contribution in [2.45, 2.75) is 44.6 Å². The third-order valence-corrected chi connectivity index (χ3v) is 7.43. The molecule has 1 atom stereocenters. The van der Waals surface area contributed by atoms with Crippen LogP contribution in [0.2, 0.25) is 0 Å². The number of rotatable bonds is 4. The monoisotopic (exact) mass is 482 g/mol. The summed E-state index contributed by atoms with van der Waals surface area (Å²) in [7, 11) is 1.83. The van der Waals surface area contributed by atoms with Gasteiger partial charge < -0.3 is 15.4 Å². The molecule has 34 heavy (non-hydrogen) atoms. The molecule has 0 saturated carbocycles. The van der Waals surface area contributed by atoms with Crippen molar-refractivity contribution in [1.82, 2.24) is 25.0 Å². The Balaban J connectivity index is 1.31. The fraction of sp³-hybridized carbons (Fsp3) is 0.435. The predicted octanol–water partition coefficient (Wildman–Crippen LogP) is 2.12. The maximum atomic E-state index is 12.9. The number of ether oxygens (including phenoxy) is 1. The number of benzene rings is 1. The molecule has 1 aromatic carbocycles. The van der Waals surface area contributed by atoms with Crippen LogP contribution >= 0.6 is 11.3 Å².